The molecule has 2 N–H and O–H groups in total. The number of amides is 1. The van der Waals surface area contributed by atoms with E-state index in [0.717, 1.165) is 11.3 Å². The Balaban J connectivity index is 2.29. The Labute approximate surface area is 185 Å². The second-order valence-electron chi connectivity index (χ2n) is 8.73. The first kappa shape index (κ1) is 24.4. The molecule has 1 fully saturated rings. The number of ether oxygens (including phenoxy) is 3. The number of aromatic nitrogens is 2. The van der Waals surface area contributed by atoms with Gasteiger partial charge in [-0.05, 0) is 59.6 Å². The number of rotatable bonds is 6. The molecule has 168 valence electrons. The summed E-state index contributed by atoms with van der Waals surface area (Å²) in [6.07, 6.45) is 9.38. The molecular formula is C24H33N3O4. The fraction of sp³-hybridized carbons (Fsp3) is 0.500. The molecule has 0 saturated carbocycles. The Bertz CT molecular complexity index is 897. The van der Waals surface area contributed by atoms with E-state index in [9.17, 15) is 4.79 Å². The number of carbonyl (C=O) groups excluding carboxylic acids is 1. The van der Waals surface area contributed by atoms with E-state index >= 15 is 0 Å². The molecule has 1 saturated heterocycles. The maximum absolute atomic E-state index is 12.6. The third kappa shape index (κ3) is 7.12. The predicted molar refractivity (Wildman–Crippen MR) is 121 cm³/mol. The van der Waals surface area contributed by atoms with Crippen molar-refractivity contribution in [3.8, 4) is 11.8 Å². The molecule has 1 aromatic heterocycles. The van der Waals surface area contributed by atoms with Crippen LogP contribution in [0.15, 0.2) is 37.1 Å². The van der Waals surface area contributed by atoms with Crippen LogP contribution in [0.25, 0.3) is 5.57 Å². The molecular weight excluding hydrogens is 394 g/mol. The van der Waals surface area contributed by atoms with Crippen molar-refractivity contribution in [3.05, 3.63) is 48.6 Å². The molecule has 1 aromatic rings. The number of nitrogens with zero attached hydrogens (tertiary/aromatic N) is 1. The summed E-state index contributed by atoms with van der Waals surface area (Å²) < 4.78 is 17.2. The van der Waals surface area contributed by atoms with Crippen LogP contribution in [-0.2, 0) is 19.7 Å². The number of H-pyrrole nitrogens is 1. The third-order valence-corrected chi connectivity index (χ3v) is 4.45. The van der Waals surface area contributed by atoms with Gasteiger partial charge in [-0.3, -0.25) is 0 Å². The average molecular weight is 428 g/mol. The maximum atomic E-state index is 12.6. The van der Waals surface area contributed by atoms with Crippen LogP contribution in [0.5, 0.6) is 0 Å². The molecule has 0 aliphatic carbocycles. The molecule has 0 aromatic carbocycles. The van der Waals surface area contributed by atoms with Crippen molar-refractivity contribution in [2.45, 2.75) is 64.9 Å². The van der Waals surface area contributed by atoms with Gasteiger partial charge in [0.05, 0.1) is 25.1 Å². The van der Waals surface area contributed by atoms with Gasteiger partial charge in [-0.2, -0.15) is 0 Å². The minimum Gasteiger partial charge on any atom is -0.444 e. The number of nitrogens with one attached hydrogen (secondary N) is 2. The summed E-state index contributed by atoms with van der Waals surface area (Å²) in [5.41, 5.74) is 0.0104. The van der Waals surface area contributed by atoms with Crippen LogP contribution < -0.4 is 5.32 Å². The number of aromatic amines is 1. The third-order valence-electron chi connectivity index (χ3n) is 4.45. The second-order valence-corrected chi connectivity index (χ2v) is 8.73. The molecule has 0 atom stereocenters. The van der Waals surface area contributed by atoms with Crippen LogP contribution in [-0.4, -0.2) is 40.7 Å². The van der Waals surface area contributed by atoms with Crippen LogP contribution >= 0.6 is 0 Å². The quantitative estimate of drug-likeness (QED) is 0.517. The highest BCUT2D eigenvalue weighted by atomic mass is 16.7. The van der Waals surface area contributed by atoms with E-state index < -0.39 is 23.0 Å². The molecule has 2 rings (SSSR count). The van der Waals surface area contributed by atoms with Gasteiger partial charge in [-0.1, -0.05) is 30.7 Å². The number of allylic oxidation sites excluding steroid dienone is 5. The van der Waals surface area contributed by atoms with Gasteiger partial charge in [0.15, 0.2) is 5.79 Å². The van der Waals surface area contributed by atoms with Gasteiger partial charge in [-0.25, -0.2) is 9.78 Å². The standard InChI is InChI=1S/C24H33N3O4/c1-8-10-11-12-13-14-18(9-2)19-15-25-20(26-19)24(16-29-23(6,7)30-17-24)27-21(28)31-22(3,4)5/h9,11-12,14-15H,2,13,16-17H2,1,3-7H3,(H,25,26)(H,27,28)/b12-11+,18-14?. The summed E-state index contributed by atoms with van der Waals surface area (Å²) in [7, 11) is 0. The van der Waals surface area contributed by atoms with E-state index in [1.54, 1.807) is 19.2 Å². The van der Waals surface area contributed by atoms with Gasteiger partial charge in [0.25, 0.3) is 0 Å². The van der Waals surface area contributed by atoms with Gasteiger partial charge in [0, 0.05) is 0 Å². The predicted octanol–water partition coefficient (Wildman–Crippen LogP) is 4.45. The van der Waals surface area contributed by atoms with Crippen LogP contribution in [0, 0.1) is 11.8 Å². The molecule has 7 heteroatoms. The zero-order chi connectivity index (χ0) is 23.1. The SMILES string of the molecule is C=CC(=CC/C=C/C#CC)c1cnc(C2(NC(=O)OC(C)(C)C)COC(C)(C)OC2)[nH]1. The number of imidazole rings is 1. The van der Waals surface area contributed by atoms with E-state index in [1.807, 2.05) is 52.8 Å². The molecule has 0 spiro atoms. The summed E-state index contributed by atoms with van der Waals surface area (Å²) in [4.78, 5) is 20.4. The normalized spacial score (nSPS) is 18.2. The van der Waals surface area contributed by atoms with Crippen LogP contribution in [0.3, 0.4) is 0 Å². The van der Waals surface area contributed by atoms with Crippen LogP contribution in [0.2, 0.25) is 0 Å². The summed E-state index contributed by atoms with van der Waals surface area (Å²) >= 11 is 0. The molecule has 0 radical (unpaired) electrons. The lowest BCUT2D eigenvalue weighted by molar-refractivity contribution is -0.273. The van der Waals surface area contributed by atoms with Gasteiger partial charge < -0.3 is 24.5 Å². The van der Waals surface area contributed by atoms with Crippen molar-refractivity contribution in [3.63, 3.8) is 0 Å². The lowest BCUT2D eigenvalue weighted by atomic mass is 9.99. The molecule has 0 bridgehead atoms. The van der Waals surface area contributed by atoms with E-state index in [4.69, 9.17) is 14.2 Å². The lowest BCUT2D eigenvalue weighted by Gasteiger charge is -2.42. The minimum atomic E-state index is -1.01. The smallest absolute Gasteiger partial charge is 0.408 e. The van der Waals surface area contributed by atoms with Crippen LogP contribution in [0.1, 0.15) is 59.5 Å². The van der Waals surface area contributed by atoms with E-state index in [2.05, 4.69) is 33.7 Å². The van der Waals surface area contributed by atoms with Gasteiger partial charge in [0.1, 0.15) is 17.0 Å². The second kappa shape index (κ2) is 9.99. The van der Waals surface area contributed by atoms with E-state index in [-0.39, 0.29) is 13.2 Å². The Morgan fingerprint density at radius 2 is 2.06 bits per heavy atom. The fourth-order valence-corrected chi connectivity index (χ4v) is 2.86. The highest BCUT2D eigenvalue weighted by Crippen LogP contribution is 2.31. The molecule has 7 nitrogen and oxygen atoms in total. The van der Waals surface area contributed by atoms with Crippen molar-refractivity contribution >= 4 is 11.7 Å². The van der Waals surface area contributed by atoms with Crippen molar-refractivity contribution in [2.24, 2.45) is 0 Å². The van der Waals surface area contributed by atoms with Crippen molar-refractivity contribution in [1.29, 1.82) is 0 Å². The molecule has 0 unspecified atom stereocenters. The molecule has 31 heavy (non-hydrogen) atoms. The van der Waals surface area contributed by atoms with Crippen molar-refractivity contribution < 1.29 is 19.0 Å². The molecule has 1 aliphatic heterocycles. The van der Waals surface area contributed by atoms with Crippen LogP contribution in [0.4, 0.5) is 4.79 Å². The molecule has 1 aliphatic rings. The first-order valence-electron chi connectivity index (χ1n) is 10.2. The summed E-state index contributed by atoms with van der Waals surface area (Å²) in [5, 5.41) is 2.90. The topological polar surface area (TPSA) is 85.5 Å². The fourth-order valence-electron chi connectivity index (χ4n) is 2.86. The summed E-state index contributed by atoms with van der Waals surface area (Å²) in [6.45, 7) is 15.1. The Kier molecular flexibility index (Phi) is 7.88. The summed E-state index contributed by atoms with van der Waals surface area (Å²) in [6, 6.07) is 0. The van der Waals surface area contributed by atoms with Gasteiger partial charge in [-0.15, -0.1) is 5.92 Å². The summed E-state index contributed by atoms with van der Waals surface area (Å²) in [5.74, 6) is 5.47. The Hall–Kier alpha value is -2.82. The zero-order valence-electron chi connectivity index (χ0n) is 19.3. The first-order valence-corrected chi connectivity index (χ1v) is 10.2. The number of carbonyl (C=O) groups is 1. The monoisotopic (exact) mass is 427 g/mol. The first-order chi connectivity index (χ1) is 14.5. The molecule has 1 amide bonds. The highest BCUT2D eigenvalue weighted by Gasteiger charge is 2.45. The van der Waals surface area contributed by atoms with E-state index in [0.29, 0.717) is 12.2 Å². The lowest BCUT2D eigenvalue weighted by Crippen LogP contribution is -2.59. The van der Waals surface area contributed by atoms with E-state index in [1.165, 1.54) is 0 Å². The number of hydrogen-bond donors (Lipinski definition) is 2. The Morgan fingerprint density at radius 1 is 1.39 bits per heavy atom. The number of alkyl carbamates (subject to hydrolysis) is 1. The Morgan fingerprint density at radius 3 is 2.65 bits per heavy atom. The number of hydrogen-bond acceptors (Lipinski definition) is 5. The van der Waals surface area contributed by atoms with Crippen molar-refractivity contribution in [1.82, 2.24) is 15.3 Å². The molecule has 2 heterocycles. The van der Waals surface area contributed by atoms with Gasteiger partial charge >= 0.3 is 6.09 Å². The largest absolute Gasteiger partial charge is 0.444 e. The minimum absolute atomic E-state index is 0.178. The highest BCUT2D eigenvalue weighted by molar-refractivity contribution is 5.71. The van der Waals surface area contributed by atoms with Gasteiger partial charge in [0.2, 0.25) is 0 Å². The van der Waals surface area contributed by atoms with Crippen molar-refractivity contribution in [2.75, 3.05) is 13.2 Å². The zero-order valence-corrected chi connectivity index (χ0v) is 19.3. The maximum Gasteiger partial charge on any atom is 0.408 e. The average Bonchev–Trinajstić information content (AvgIpc) is 3.16.